The lowest BCUT2D eigenvalue weighted by atomic mass is 9.97. The van der Waals surface area contributed by atoms with Crippen LogP contribution in [0.15, 0.2) is 0 Å². The van der Waals surface area contributed by atoms with Crippen LogP contribution in [0.5, 0.6) is 0 Å². The fourth-order valence-corrected chi connectivity index (χ4v) is 8.14. The van der Waals surface area contributed by atoms with Crippen LogP contribution in [0.25, 0.3) is 0 Å². The second-order valence-electron chi connectivity index (χ2n) is 22.2. The Morgan fingerprint density at radius 1 is 0.405 bits per heavy atom. The summed E-state index contributed by atoms with van der Waals surface area (Å²) in [6.07, 6.45) is 2.85. The molecule has 0 radical (unpaired) electrons. The Hall–Kier alpha value is -6.70. The van der Waals surface area contributed by atoms with Crippen molar-refractivity contribution in [2.75, 3.05) is 45.1 Å². The van der Waals surface area contributed by atoms with Gasteiger partial charge in [0.2, 0.25) is 70.9 Å². The number of aliphatic hydroxyl groups is 1. The van der Waals surface area contributed by atoms with Crippen molar-refractivity contribution in [1.29, 1.82) is 0 Å². The third kappa shape index (κ3) is 29.7. The van der Waals surface area contributed by atoms with Crippen LogP contribution in [-0.2, 0) is 62.3 Å². The van der Waals surface area contributed by atoms with Gasteiger partial charge in [0.1, 0.15) is 54.4 Å². The predicted molar refractivity (Wildman–Crippen MR) is 313 cm³/mol. The minimum Gasteiger partial charge on any atom is -0.480 e. The zero-order valence-corrected chi connectivity index (χ0v) is 51.3. The van der Waals surface area contributed by atoms with Crippen molar-refractivity contribution in [2.45, 2.75) is 182 Å². The fraction of sp³-hybridized carbons (Fsp3) is 0.755. The number of nitrogens with one attached hydrogen (secondary N) is 12. The van der Waals surface area contributed by atoms with Crippen LogP contribution >= 0.6 is 12.6 Å². The first-order chi connectivity index (χ1) is 39.3. The molecule has 0 heterocycles. The molecule has 480 valence electrons. The zero-order chi connectivity index (χ0) is 64.6. The van der Waals surface area contributed by atoms with E-state index >= 15 is 0 Å². The van der Waals surface area contributed by atoms with Crippen molar-refractivity contribution >= 4 is 89.5 Å². The number of carbonyl (C=O) groups is 13. The summed E-state index contributed by atoms with van der Waals surface area (Å²) in [5.41, 5.74) is 17.2. The van der Waals surface area contributed by atoms with Crippen molar-refractivity contribution in [3.63, 3.8) is 0 Å². The molecule has 0 aliphatic carbocycles. The first-order valence-electron chi connectivity index (χ1n) is 28.4. The molecule has 12 amide bonds. The van der Waals surface area contributed by atoms with Gasteiger partial charge in [-0.1, -0.05) is 75.7 Å². The van der Waals surface area contributed by atoms with Crippen LogP contribution in [0.2, 0.25) is 0 Å². The van der Waals surface area contributed by atoms with E-state index in [-0.39, 0.29) is 31.1 Å². The maximum Gasteiger partial charge on any atom is 0.328 e. The molecule has 0 saturated heterocycles. The highest BCUT2D eigenvalue weighted by Gasteiger charge is 2.36. The van der Waals surface area contributed by atoms with E-state index in [1.54, 1.807) is 55.4 Å². The van der Waals surface area contributed by atoms with Gasteiger partial charge in [-0.3, -0.25) is 57.5 Å². The van der Waals surface area contributed by atoms with Gasteiger partial charge in [0.15, 0.2) is 0 Å². The van der Waals surface area contributed by atoms with Crippen molar-refractivity contribution in [1.82, 2.24) is 63.8 Å². The number of carboxylic acids is 1. The number of hydrogen-bond donors (Lipinski definition) is 18. The van der Waals surface area contributed by atoms with Gasteiger partial charge in [-0.05, 0) is 88.1 Å². The molecule has 0 saturated carbocycles. The van der Waals surface area contributed by atoms with Gasteiger partial charge >= 0.3 is 5.97 Å². The van der Waals surface area contributed by atoms with Crippen LogP contribution in [0.1, 0.15) is 121 Å². The number of carbonyl (C=O) groups excluding carboxylic acids is 12. The molecule has 0 aromatic carbocycles. The first-order valence-corrected chi connectivity index (χ1v) is 29.0. The van der Waals surface area contributed by atoms with Crippen LogP contribution < -0.4 is 81.0 Å². The average Bonchev–Trinajstić information content (AvgIpc) is 3.63. The molecule has 0 aliphatic rings. The van der Waals surface area contributed by atoms with E-state index in [1.807, 2.05) is 13.8 Å². The largest absolute Gasteiger partial charge is 0.480 e. The van der Waals surface area contributed by atoms with E-state index in [0.717, 1.165) is 0 Å². The number of hydrogen-bond acceptors (Lipinski definition) is 18. The SMILES string of the molecule is CC(C)C[C@H](NC(=O)[C@@H](N)CCCCN)C(=O)N[C@H](C(=O)N[C@H](C(=O)N[C@H](C(=O)NCC(=O)N[C@@H](C)C(=O)N[C@@H](CS)C(=O)NCC(=O)N[C@H](C(=O)NCC(=O)N[C@@H](CCCCN)C(=O)N[C@@H](CO)C(=O)O)C(C)C)C(C)C)C(C)C)C(C)C. The van der Waals surface area contributed by atoms with Gasteiger partial charge in [0, 0.05) is 5.75 Å². The Morgan fingerprint density at radius 3 is 1.21 bits per heavy atom. The lowest BCUT2D eigenvalue weighted by molar-refractivity contribution is -0.143. The van der Waals surface area contributed by atoms with Gasteiger partial charge in [-0.2, -0.15) is 12.6 Å². The summed E-state index contributed by atoms with van der Waals surface area (Å²) >= 11 is 4.12. The maximum atomic E-state index is 13.8. The van der Waals surface area contributed by atoms with Crippen LogP contribution in [-0.4, -0.2) is 193 Å². The molecule has 0 aromatic rings. The molecule has 0 rings (SSSR count). The molecule has 0 unspecified atom stereocenters. The Kier molecular flexibility index (Phi) is 37.3. The van der Waals surface area contributed by atoms with Gasteiger partial charge in [0.05, 0.1) is 32.3 Å². The van der Waals surface area contributed by atoms with Crippen molar-refractivity contribution in [3.05, 3.63) is 0 Å². The van der Waals surface area contributed by atoms with E-state index < -0.39 is 187 Å². The quantitative estimate of drug-likeness (QED) is 0.0201. The van der Waals surface area contributed by atoms with E-state index in [4.69, 9.17) is 17.2 Å². The highest BCUT2D eigenvalue weighted by molar-refractivity contribution is 7.80. The summed E-state index contributed by atoms with van der Waals surface area (Å²) < 4.78 is 0. The van der Waals surface area contributed by atoms with Crippen molar-refractivity contribution < 1.29 is 72.5 Å². The molecule has 0 aromatic heterocycles. The molecule has 0 aliphatic heterocycles. The minimum absolute atomic E-state index is 0.0249. The Balaban J connectivity index is 5.56. The number of unbranched alkanes of at least 4 members (excludes halogenated alkanes) is 2. The first kappa shape index (κ1) is 77.3. The smallest absolute Gasteiger partial charge is 0.328 e. The third-order valence-electron chi connectivity index (χ3n) is 12.9. The molecule has 84 heavy (non-hydrogen) atoms. The maximum absolute atomic E-state index is 13.8. The summed E-state index contributed by atoms with van der Waals surface area (Å²) in [4.78, 5) is 170. The number of nitrogens with two attached hydrogens (primary N) is 3. The van der Waals surface area contributed by atoms with E-state index in [1.165, 1.54) is 6.92 Å². The second kappa shape index (κ2) is 40.5. The number of carboxylic acid groups (broad SMARTS) is 1. The standard InChI is InChI=1S/C53H97N15O15S/c1-26(2)20-34(62-45(74)32(56)16-12-14-18-54)48(77)66-42(29(7)8)51(80)68-43(30(9)10)52(81)67-41(28(5)6)50(79)58-21-37(70)60-31(11)44(73)64-36(25-84)46(75)57-23-39(72)65-40(27(3)4)49(78)59-22-38(71)61-33(17-13-15-19-55)47(76)63-35(24-69)53(82)83/h26-36,40-43,69,84H,12-25,54-56H2,1-11H3,(H,57,75)(H,58,79)(H,59,78)(H,60,70)(H,61,71)(H,62,74)(H,63,76)(H,64,73)(H,65,72)(H,66,77)(H,67,81)(H,68,80)(H,82,83)/t31-,32-,33-,34-,35-,36-,40-,41-,42-,43-/m0/s1. The Labute approximate surface area is 497 Å². The highest BCUT2D eigenvalue weighted by Crippen LogP contribution is 2.12. The lowest BCUT2D eigenvalue weighted by Gasteiger charge is -2.30. The molecule has 0 spiro atoms. The molecular formula is C53H97N15O15S. The van der Waals surface area contributed by atoms with Crippen molar-refractivity contribution in [3.8, 4) is 0 Å². The molecule has 20 N–H and O–H groups in total. The van der Waals surface area contributed by atoms with E-state index in [0.29, 0.717) is 38.6 Å². The fourth-order valence-electron chi connectivity index (χ4n) is 7.88. The predicted octanol–water partition coefficient (Wildman–Crippen LogP) is -5.02. The zero-order valence-electron chi connectivity index (χ0n) is 50.4. The Bertz CT molecular complexity index is 2210. The third-order valence-corrected chi connectivity index (χ3v) is 13.3. The summed E-state index contributed by atoms with van der Waals surface area (Å²) in [6.45, 7) is 16.1. The summed E-state index contributed by atoms with van der Waals surface area (Å²) in [7, 11) is 0. The number of amides is 12. The lowest BCUT2D eigenvalue weighted by Crippen LogP contribution is -2.61. The highest BCUT2D eigenvalue weighted by atomic mass is 32.1. The summed E-state index contributed by atoms with van der Waals surface area (Å²) in [5, 5.41) is 48.2. The molecule has 10 atom stereocenters. The van der Waals surface area contributed by atoms with Crippen molar-refractivity contribution in [2.24, 2.45) is 46.8 Å². The number of thiol groups is 1. The Morgan fingerprint density at radius 2 is 0.786 bits per heavy atom. The summed E-state index contributed by atoms with van der Waals surface area (Å²) in [5.74, 6) is -13.1. The topological polar surface area (TPSA) is 485 Å². The number of aliphatic carboxylic acids is 1. The molecule has 31 heteroatoms. The van der Waals surface area contributed by atoms with E-state index in [9.17, 15) is 72.5 Å². The number of aliphatic hydroxyl groups excluding tert-OH is 1. The average molecular weight is 1220 g/mol. The van der Waals surface area contributed by atoms with Crippen LogP contribution in [0.4, 0.5) is 0 Å². The molecule has 0 bridgehead atoms. The van der Waals surface area contributed by atoms with Gasteiger partial charge < -0.3 is 91.2 Å². The van der Waals surface area contributed by atoms with Gasteiger partial charge in [0.25, 0.3) is 0 Å². The normalized spacial score (nSPS) is 14.9. The molecular weight excluding hydrogens is 1120 g/mol. The summed E-state index contributed by atoms with van der Waals surface area (Å²) in [6, 6.07) is -12.1. The second-order valence-corrected chi connectivity index (χ2v) is 22.6. The van der Waals surface area contributed by atoms with E-state index in [2.05, 4.69) is 76.4 Å². The minimum atomic E-state index is -1.63. The molecule has 30 nitrogen and oxygen atoms in total. The molecule has 0 fully saturated rings. The number of rotatable bonds is 41. The monoisotopic (exact) mass is 1220 g/mol. The van der Waals surface area contributed by atoms with Gasteiger partial charge in [-0.15, -0.1) is 0 Å². The van der Waals surface area contributed by atoms with Gasteiger partial charge in [-0.25, -0.2) is 4.79 Å². The van der Waals surface area contributed by atoms with Crippen LogP contribution in [0, 0.1) is 29.6 Å². The van der Waals surface area contributed by atoms with Crippen LogP contribution in [0.3, 0.4) is 0 Å².